The first kappa shape index (κ1) is 15.8. The second-order valence-electron chi connectivity index (χ2n) is 0.396. The summed E-state index contributed by atoms with van der Waals surface area (Å²) < 4.78 is 32.7. The fourth-order valence-corrected chi connectivity index (χ4v) is 0. The SMILES string of the molecule is OO.[Fe].[O-][Cl+3]([O-])([O-])O. The zero-order valence-electron chi connectivity index (χ0n) is 3.30. The molecule has 0 saturated heterocycles. The van der Waals surface area contributed by atoms with Crippen LogP contribution in [0.25, 0.3) is 0 Å². The quantitative estimate of drug-likeness (QED) is 0.202. The third-order valence-electron chi connectivity index (χ3n) is 0. The van der Waals surface area contributed by atoms with Gasteiger partial charge in [0.05, 0.1) is 14.9 Å². The molecule has 0 aromatic heterocycles. The van der Waals surface area contributed by atoms with Crippen molar-refractivity contribution in [3.05, 3.63) is 0 Å². The minimum absolute atomic E-state index is 0. The fourth-order valence-electron chi connectivity index (χ4n) is 0. The molecule has 6 nitrogen and oxygen atoms in total. The summed E-state index contributed by atoms with van der Waals surface area (Å²) >= 11 is 0. The summed E-state index contributed by atoms with van der Waals surface area (Å²) in [5, 5.41) is 12.0. The van der Waals surface area contributed by atoms with Crippen molar-refractivity contribution in [1.82, 2.24) is 0 Å². The van der Waals surface area contributed by atoms with Crippen molar-refractivity contribution in [3.63, 3.8) is 0 Å². The van der Waals surface area contributed by atoms with E-state index >= 15 is 0 Å². The number of halogens is 1. The maximum Gasteiger partial charge on any atom is 0.0777 e. The van der Waals surface area contributed by atoms with Gasteiger partial charge in [-0.05, 0) is 0 Å². The van der Waals surface area contributed by atoms with Gasteiger partial charge in [0.15, 0.2) is 0 Å². The minimum Gasteiger partial charge on any atom is -0.255 e. The number of hydrogen-bond donors (Lipinski definition) is 3. The zero-order valence-corrected chi connectivity index (χ0v) is 5.16. The van der Waals surface area contributed by atoms with Crippen LogP contribution in [-0.2, 0) is 17.1 Å². The number of rotatable bonds is 0. The summed E-state index contributed by atoms with van der Waals surface area (Å²) in [5.74, 6) is 0. The van der Waals surface area contributed by atoms with Crippen LogP contribution in [0.1, 0.15) is 0 Å². The van der Waals surface area contributed by atoms with E-state index in [1.54, 1.807) is 0 Å². The second kappa shape index (κ2) is 7.57. The Morgan fingerprint density at radius 3 is 1.00 bits per heavy atom. The van der Waals surface area contributed by atoms with E-state index in [1.165, 1.54) is 0 Å². The van der Waals surface area contributed by atoms with Crippen LogP contribution >= 0.6 is 0 Å². The van der Waals surface area contributed by atoms with Crippen molar-refractivity contribution in [1.29, 1.82) is 0 Å². The summed E-state index contributed by atoms with van der Waals surface area (Å²) in [6, 6.07) is 0. The van der Waals surface area contributed by atoms with Crippen LogP contribution in [0.2, 0.25) is 0 Å². The van der Waals surface area contributed by atoms with Crippen LogP contribution in [0.3, 0.4) is 0 Å². The van der Waals surface area contributed by atoms with Crippen molar-refractivity contribution in [2.45, 2.75) is 0 Å². The van der Waals surface area contributed by atoms with Crippen molar-refractivity contribution in [3.8, 4) is 0 Å². The zero-order chi connectivity index (χ0) is 6.50. The van der Waals surface area contributed by atoms with Gasteiger partial charge in [-0.1, -0.05) is 0 Å². The maximum absolute atomic E-state index is 8.60. The van der Waals surface area contributed by atoms with Gasteiger partial charge in [-0.25, -0.2) is 0 Å². The molecule has 0 atom stereocenters. The average Bonchev–Trinajstić information content (AvgIpc) is 1.36. The van der Waals surface area contributed by atoms with E-state index in [0.717, 1.165) is 0 Å². The second-order valence-corrected chi connectivity index (χ2v) is 1.19. The van der Waals surface area contributed by atoms with E-state index in [-0.39, 0.29) is 17.1 Å². The van der Waals surface area contributed by atoms with E-state index in [9.17, 15) is 0 Å². The van der Waals surface area contributed by atoms with E-state index in [2.05, 4.69) is 0 Å². The molecule has 0 aliphatic rings. The van der Waals surface area contributed by atoms with Gasteiger partial charge < -0.3 is 0 Å². The molecule has 0 saturated carbocycles. The molecular formula is H3ClFeO6. The molecule has 0 aliphatic carbocycles. The van der Waals surface area contributed by atoms with Gasteiger partial charge in [-0.3, -0.25) is 10.5 Å². The van der Waals surface area contributed by atoms with E-state index < -0.39 is 10.2 Å². The molecular weight excluding hydrogens is 187 g/mol. The summed E-state index contributed by atoms with van der Waals surface area (Å²) in [6.45, 7) is 0. The summed E-state index contributed by atoms with van der Waals surface area (Å²) in [5.41, 5.74) is 0. The third kappa shape index (κ3) is 628. The molecule has 0 aromatic rings. The largest absolute Gasteiger partial charge is 0.255 e. The van der Waals surface area contributed by atoms with Crippen LogP contribution in [0.4, 0.5) is 0 Å². The van der Waals surface area contributed by atoms with Crippen LogP contribution in [0.5, 0.6) is 0 Å². The van der Waals surface area contributed by atoms with Crippen molar-refractivity contribution in [2.75, 3.05) is 0 Å². The van der Waals surface area contributed by atoms with E-state index in [4.69, 9.17) is 29.2 Å². The first-order valence-corrected chi connectivity index (χ1v) is 2.10. The molecule has 0 unspecified atom stereocenters. The molecule has 0 spiro atoms. The monoisotopic (exact) mass is 190 g/mol. The Bertz CT molecular complexity index is 24.0. The summed E-state index contributed by atoms with van der Waals surface area (Å²) in [4.78, 5) is 0. The Labute approximate surface area is 57.1 Å². The van der Waals surface area contributed by atoms with Gasteiger partial charge in [0.25, 0.3) is 0 Å². The average molecular weight is 190 g/mol. The molecule has 8 heteroatoms. The Kier molecular flexibility index (Phi) is 15.0. The van der Waals surface area contributed by atoms with Crippen molar-refractivity contribution in [2.24, 2.45) is 0 Å². The smallest absolute Gasteiger partial charge is 0.0777 e. The Hall–Kier alpha value is 0.569. The standard InChI is InChI=1S/ClHO4.Fe.H2O2/c2-1(3,4)5;;1-2/h(H,2,3,4,5);;1-2H. The van der Waals surface area contributed by atoms with Crippen LogP contribution in [-0.4, -0.2) is 15.2 Å². The van der Waals surface area contributed by atoms with Gasteiger partial charge in [0.1, 0.15) is 0 Å². The minimum atomic E-state index is -4.69. The molecule has 0 aromatic carbocycles. The number of hydrogen-bond acceptors (Lipinski definition) is 6. The topological polar surface area (TPSA) is 130 Å². The van der Waals surface area contributed by atoms with Gasteiger partial charge in [0, 0.05) is 17.1 Å². The molecule has 8 heavy (non-hydrogen) atoms. The molecule has 0 bridgehead atoms. The van der Waals surface area contributed by atoms with Crippen molar-refractivity contribution >= 4 is 0 Å². The van der Waals surface area contributed by atoms with Gasteiger partial charge in [0.2, 0.25) is 0 Å². The molecule has 0 rings (SSSR count). The van der Waals surface area contributed by atoms with Crippen LogP contribution < -0.4 is 14.0 Å². The van der Waals surface area contributed by atoms with Crippen LogP contribution in [0.15, 0.2) is 0 Å². The predicted octanol–water partition coefficient (Wildman–Crippen LogP) is -4.11. The Balaban J connectivity index is -0.0000000750. The molecule has 0 radical (unpaired) electrons. The first-order valence-electron chi connectivity index (χ1n) is 0.832. The molecule has 54 valence electrons. The van der Waals surface area contributed by atoms with Crippen LogP contribution in [0, 0.1) is 10.2 Å². The van der Waals surface area contributed by atoms with E-state index in [1.807, 2.05) is 0 Å². The van der Waals surface area contributed by atoms with Gasteiger partial charge >= 0.3 is 0 Å². The summed E-state index contributed by atoms with van der Waals surface area (Å²) in [7, 11) is -4.69. The van der Waals surface area contributed by atoms with E-state index in [0.29, 0.717) is 0 Å². The molecule has 3 N–H and O–H groups in total. The fraction of sp³-hybridized carbons (Fsp3) is 0. The third-order valence-corrected chi connectivity index (χ3v) is 0. The molecule has 0 aliphatic heterocycles. The Morgan fingerprint density at radius 2 is 1.00 bits per heavy atom. The normalized spacial score (nSPS) is 8.25. The predicted molar refractivity (Wildman–Crippen MR) is 7.48 cm³/mol. The van der Waals surface area contributed by atoms with Gasteiger partial charge in [-0.15, -0.1) is 0 Å². The molecule has 0 heterocycles. The first-order chi connectivity index (χ1) is 3.00. The Morgan fingerprint density at radius 1 is 1.00 bits per heavy atom. The molecule has 0 amide bonds. The van der Waals surface area contributed by atoms with Crippen molar-refractivity contribution < 1.29 is 56.5 Å². The summed E-state index contributed by atoms with van der Waals surface area (Å²) in [6.07, 6.45) is 0. The maximum atomic E-state index is 8.60. The van der Waals surface area contributed by atoms with Gasteiger partial charge in [-0.2, -0.15) is 14.0 Å². The molecule has 0 fully saturated rings.